The second-order valence-electron chi connectivity index (χ2n) is 2.52. The molecule has 0 aliphatic carbocycles. The summed E-state index contributed by atoms with van der Waals surface area (Å²) in [5.74, 6) is 0.382. The van der Waals surface area contributed by atoms with Crippen LogP contribution >= 0.6 is 0 Å². The van der Waals surface area contributed by atoms with Crippen LogP contribution in [0.1, 0.15) is 25.2 Å². The van der Waals surface area contributed by atoms with E-state index in [1.807, 2.05) is 6.92 Å². The van der Waals surface area contributed by atoms with Gasteiger partial charge in [0.2, 0.25) is 5.88 Å². The van der Waals surface area contributed by atoms with Crippen molar-refractivity contribution in [2.75, 3.05) is 0 Å². The molecular formula is C8H12N2O2. The largest absolute Gasteiger partial charge is 0.493 e. The average molecular weight is 168 g/mol. The average Bonchev–Trinajstić information content (AvgIpc) is 2.03. The van der Waals surface area contributed by atoms with Gasteiger partial charge in [-0.15, -0.1) is 0 Å². The highest BCUT2D eigenvalue weighted by Crippen LogP contribution is 2.08. The number of nitrogens with one attached hydrogen (secondary N) is 1. The molecule has 0 amide bonds. The maximum absolute atomic E-state index is 11.2. The summed E-state index contributed by atoms with van der Waals surface area (Å²) in [5, 5.41) is 9.27. The predicted octanol–water partition coefficient (Wildman–Crippen LogP) is 0.600. The Morgan fingerprint density at radius 1 is 1.42 bits per heavy atom. The smallest absolute Gasteiger partial charge is 0.257 e. The van der Waals surface area contributed by atoms with Crippen molar-refractivity contribution in [1.29, 1.82) is 0 Å². The summed E-state index contributed by atoms with van der Waals surface area (Å²) in [5.41, 5.74) is 0.119. The third-order valence-corrected chi connectivity index (χ3v) is 1.73. The van der Waals surface area contributed by atoms with E-state index in [9.17, 15) is 9.90 Å². The van der Waals surface area contributed by atoms with E-state index in [0.29, 0.717) is 24.2 Å². The van der Waals surface area contributed by atoms with Gasteiger partial charge in [-0.1, -0.05) is 13.8 Å². The van der Waals surface area contributed by atoms with Gasteiger partial charge in [-0.25, -0.2) is 4.98 Å². The summed E-state index contributed by atoms with van der Waals surface area (Å²) in [7, 11) is 0. The summed E-state index contributed by atoms with van der Waals surface area (Å²) in [6, 6.07) is 0. The third kappa shape index (κ3) is 1.47. The minimum absolute atomic E-state index is 0.141. The predicted molar refractivity (Wildman–Crippen MR) is 45.3 cm³/mol. The molecule has 2 N–H and O–H groups in total. The van der Waals surface area contributed by atoms with Crippen LogP contribution in [0, 0.1) is 0 Å². The molecular weight excluding hydrogens is 156 g/mol. The molecule has 66 valence electrons. The van der Waals surface area contributed by atoms with Gasteiger partial charge in [-0.2, -0.15) is 0 Å². The van der Waals surface area contributed by atoms with E-state index in [1.165, 1.54) is 0 Å². The van der Waals surface area contributed by atoms with Crippen LogP contribution in [0.5, 0.6) is 5.88 Å². The van der Waals surface area contributed by atoms with Crippen molar-refractivity contribution in [2.24, 2.45) is 0 Å². The second-order valence-corrected chi connectivity index (χ2v) is 2.52. The molecule has 0 aromatic carbocycles. The van der Waals surface area contributed by atoms with Crippen molar-refractivity contribution < 1.29 is 5.11 Å². The molecule has 0 saturated carbocycles. The van der Waals surface area contributed by atoms with E-state index in [0.717, 1.165) is 0 Å². The summed E-state index contributed by atoms with van der Waals surface area (Å²) in [4.78, 5) is 17.6. The number of hydrogen-bond acceptors (Lipinski definition) is 3. The van der Waals surface area contributed by atoms with Crippen molar-refractivity contribution in [3.05, 3.63) is 21.7 Å². The number of aryl methyl sites for hydroxylation is 1. The number of aromatic amines is 1. The Morgan fingerprint density at radius 2 is 2.08 bits per heavy atom. The molecule has 1 aromatic heterocycles. The van der Waals surface area contributed by atoms with Crippen LogP contribution in [0.3, 0.4) is 0 Å². The zero-order chi connectivity index (χ0) is 9.14. The van der Waals surface area contributed by atoms with Crippen LogP contribution in [0.2, 0.25) is 0 Å². The van der Waals surface area contributed by atoms with Crippen LogP contribution < -0.4 is 5.56 Å². The van der Waals surface area contributed by atoms with Crippen LogP contribution in [0.15, 0.2) is 4.79 Å². The lowest BCUT2D eigenvalue weighted by molar-refractivity contribution is 0.440. The molecule has 0 spiro atoms. The van der Waals surface area contributed by atoms with Gasteiger partial charge in [-0.05, 0) is 6.42 Å². The highest BCUT2D eigenvalue weighted by Gasteiger charge is 2.06. The second kappa shape index (κ2) is 3.38. The number of aromatic nitrogens is 2. The Morgan fingerprint density at radius 3 is 2.50 bits per heavy atom. The number of rotatable bonds is 2. The first-order valence-electron chi connectivity index (χ1n) is 4.00. The Labute approximate surface area is 70.3 Å². The number of H-pyrrole nitrogens is 1. The minimum atomic E-state index is -0.234. The number of hydrogen-bond donors (Lipinski definition) is 2. The monoisotopic (exact) mass is 168 g/mol. The fraction of sp³-hybridized carbons (Fsp3) is 0.500. The van der Waals surface area contributed by atoms with E-state index < -0.39 is 0 Å². The zero-order valence-electron chi connectivity index (χ0n) is 7.22. The van der Waals surface area contributed by atoms with Crippen LogP contribution in [-0.4, -0.2) is 15.1 Å². The van der Waals surface area contributed by atoms with E-state index in [1.54, 1.807) is 6.92 Å². The maximum Gasteiger partial charge on any atom is 0.257 e. The van der Waals surface area contributed by atoms with Gasteiger partial charge in [0.1, 0.15) is 5.82 Å². The fourth-order valence-corrected chi connectivity index (χ4v) is 1.02. The standard InChI is InChI=1S/C8H12N2O2/c1-3-5-7(11)9-6(4-2)10-8(5)12/h3-4H2,1-2H3,(H2,9,10,11,12). The minimum Gasteiger partial charge on any atom is -0.493 e. The Kier molecular flexibility index (Phi) is 2.47. The normalized spacial score (nSPS) is 10.2. The molecule has 0 saturated heterocycles. The quantitative estimate of drug-likeness (QED) is 0.679. The van der Waals surface area contributed by atoms with Crippen molar-refractivity contribution in [2.45, 2.75) is 26.7 Å². The fourth-order valence-electron chi connectivity index (χ4n) is 1.02. The lowest BCUT2D eigenvalue weighted by Gasteiger charge is -2.01. The van der Waals surface area contributed by atoms with Gasteiger partial charge in [0.15, 0.2) is 0 Å². The molecule has 0 radical (unpaired) electrons. The maximum atomic E-state index is 11.2. The SMILES string of the molecule is CCc1nc(O)c(CC)c(=O)[nH]1. The first kappa shape index (κ1) is 8.77. The van der Waals surface area contributed by atoms with Gasteiger partial charge >= 0.3 is 0 Å². The molecule has 0 unspecified atom stereocenters. The summed E-state index contributed by atoms with van der Waals surface area (Å²) < 4.78 is 0. The van der Waals surface area contributed by atoms with Gasteiger partial charge in [0, 0.05) is 6.42 Å². The Balaban J connectivity index is 3.28. The molecule has 0 fully saturated rings. The molecule has 1 heterocycles. The summed E-state index contributed by atoms with van der Waals surface area (Å²) in [6.45, 7) is 3.67. The van der Waals surface area contributed by atoms with Gasteiger partial charge in [-0.3, -0.25) is 4.79 Å². The summed E-state index contributed by atoms with van der Waals surface area (Å²) in [6.07, 6.45) is 1.12. The topological polar surface area (TPSA) is 66.0 Å². The van der Waals surface area contributed by atoms with Crippen molar-refractivity contribution in [3.8, 4) is 5.88 Å². The summed E-state index contributed by atoms with van der Waals surface area (Å²) >= 11 is 0. The molecule has 1 rings (SSSR count). The van der Waals surface area contributed by atoms with Crippen LogP contribution in [-0.2, 0) is 12.8 Å². The van der Waals surface area contributed by atoms with E-state index in [2.05, 4.69) is 9.97 Å². The number of nitrogens with zero attached hydrogens (tertiary/aromatic N) is 1. The van der Waals surface area contributed by atoms with Crippen molar-refractivity contribution >= 4 is 0 Å². The van der Waals surface area contributed by atoms with Gasteiger partial charge in [0.25, 0.3) is 5.56 Å². The third-order valence-electron chi connectivity index (χ3n) is 1.73. The van der Waals surface area contributed by atoms with Crippen molar-refractivity contribution in [1.82, 2.24) is 9.97 Å². The first-order chi connectivity index (χ1) is 5.69. The molecule has 12 heavy (non-hydrogen) atoms. The Bertz CT molecular complexity index is 330. The van der Waals surface area contributed by atoms with Gasteiger partial charge in [0.05, 0.1) is 5.56 Å². The lowest BCUT2D eigenvalue weighted by Crippen LogP contribution is -2.15. The number of aromatic hydroxyl groups is 1. The Hall–Kier alpha value is -1.32. The molecule has 1 aromatic rings. The van der Waals surface area contributed by atoms with Crippen molar-refractivity contribution in [3.63, 3.8) is 0 Å². The van der Waals surface area contributed by atoms with E-state index >= 15 is 0 Å². The van der Waals surface area contributed by atoms with E-state index in [-0.39, 0.29) is 11.4 Å². The van der Waals surface area contributed by atoms with Crippen LogP contribution in [0.25, 0.3) is 0 Å². The lowest BCUT2D eigenvalue weighted by atomic mass is 10.2. The molecule has 0 aliphatic heterocycles. The molecule has 4 heteroatoms. The highest BCUT2D eigenvalue weighted by atomic mass is 16.3. The van der Waals surface area contributed by atoms with Crippen LogP contribution in [0.4, 0.5) is 0 Å². The molecule has 0 aliphatic rings. The molecule has 4 nitrogen and oxygen atoms in total. The zero-order valence-corrected chi connectivity index (χ0v) is 7.22. The van der Waals surface area contributed by atoms with Gasteiger partial charge < -0.3 is 10.1 Å². The first-order valence-corrected chi connectivity index (χ1v) is 4.00. The molecule has 0 bridgehead atoms. The highest BCUT2D eigenvalue weighted by molar-refractivity contribution is 5.22. The van der Waals surface area contributed by atoms with E-state index in [4.69, 9.17) is 0 Å². The molecule has 0 atom stereocenters.